The van der Waals surface area contributed by atoms with Crippen LogP contribution >= 0.6 is 23.2 Å². The SMILES string of the molecule is N#Cc1cnc2c(Cl)cc(NC(C3=CN(C4CCNCC4)NN3)c3cccc(F)c3)cc2c1Nc1ccc(F)c(Cl)c1. The molecule has 12 heteroatoms. The molecule has 5 N–H and O–H groups in total. The van der Waals surface area contributed by atoms with Crippen LogP contribution in [-0.4, -0.2) is 29.1 Å². The number of rotatable bonds is 7. The van der Waals surface area contributed by atoms with Gasteiger partial charge in [0.05, 0.1) is 38.6 Å². The molecule has 1 saturated heterocycles. The topological polar surface area (TPSA) is 100 Å². The number of pyridine rings is 1. The summed E-state index contributed by atoms with van der Waals surface area (Å²) in [5, 5.41) is 22.8. The minimum atomic E-state index is -0.553. The fraction of sp³-hybridized carbons (Fsp3) is 0.200. The molecule has 2 aliphatic rings. The Morgan fingerprint density at radius 3 is 2.60 bits per heavy atom. The van der Waals surface area contributed by atoms with E-state index in [0.717, 1.165) is 31.6 Å². The highest BCUT2D eigenvalue weighted by atomic mass is 35.5. The van der Waals surface area contributed by atoms with E-state index in [9.17, 15) is 14.0 Å². The van der Waals surface area contributed by atoms with Crippen LogP contribution in [0, 0.1) is 23.0 Å². The molecule has 0 bridgehead atoms. The van der Waals surface area contributed by atoms with E-state index in [4.69, 9.17) is 23.2 Å². The summed E-state index contributed by atoms with van der Waals surface area (Å²) in [7, 11) is 0. The summed E-state index contributed by atoms with van der Waals surface area (Å²) in [6, 6.07) is 16.1. The van der Waals surface area contributed by atoms with Gasteiger partial charge in [-0.2, -0.15) is 5.26 Å². The van der Waals surface area contributed by atoms with Gasteiger partial charge in [-0.15, -0.1) is 5.53 Å². The number of fused-ring (bicyclic) bond motifs is 1. The number of hydrogen-bond donors (Lipinski definition) is 5. The summed E-state index contributed by atoms with van der Waals surface area (Å²) in [6.07, 6.45) is 5.40. The molecular weight excluding hydrogens is 581 g/mol. The number of nitrogens with zero attached hydrogens (tertiary/aromatic N) is 3. The van der Waals surface area contributed by atoms with Gasteiger partial charge < -0.3 is 21.4 Å². The Morgan fingerprint density at radius 1 is 1.02 bits per heavy atom. The van der Waals surface area contributed by atoms with E-state index in [1.54, 1.807) is 12.1 Å². The van der Waals surface area contributed by atoms with Crippen molar-refractivity contribution in [1.29, 1.82) is 5.26 Å². The van der Waals surface area contributed by atoms with Crippen molar-refractivity contribution in [3.8, 4) is 6.07 Å². The van der Waals surface area contributed by atoms with E-state index in [2.05, 4.69) is 43.0 Å². The van der Waals surface area contributed by atoms with E-state index in [-0.39, 0.29) is 16.4 Å². The normalized spacial score (nSPS) is 16.1. The number of halogens is 4. The van der Waals surface area contributed by atoms with Gasteiger partial charge >= 0.3 is 0 Å². The van der Waals surface area contributed by atoms with E-state index < -0.39 is 11.9 Å². The lowest BCUT2D eigenvalue weighted by molar-refractivity contribution is 0.162. The molecule has 1 fully saturated rings. The highest BCUT2D eigenvalue weighted by Crippen LogP contribution is 2.37. The number of hydrogen-bond acceptors (Lipinski definition) is 8. The largest absolute Gasteiger partial charge is 0.373 e. The third-order valence-corrected chi connectivity index (χ3v) is 7.93. The van der Waals surface area contributed by atoms with E-state index in [0.29, 0.717) is 44.6 Å². The maximum Gasteiger partial charge on any atom is 0.141 e. The van der Waals surface area contributed by atoms with Gasteiger partial charge in [-0.3, -0.25) is 9.99 Å². The van der Waals surface area contributed by atoms with Crippen LogP contribution in [0.3, 0.4) is 0 Å². The second-order valence-corrected chi connectivity index (χ2v) is 10.9. The molecule has 0 aliphatic carbocycles. The van der Waals surface area contributed by atoms with Crippen LogP contribution in [0.2, 0.25) is 10.0 Å². The minimum Gasteiger partial charge on any atom is -0.373 e. The maximum atomic E-state index is 14.4. The molecule has 0 amide bonds. The Bertz CT molecular complexity index is 1720. The molecular formula is C30H26Cl2F2N8. The highest BCUT2D eigenvalue weighted by Gasteiger charge is 2.28. The summed E-state index contributed by atoms with van der Waals surface area (Å²) in [4.78, 5) is 4.41. The quantitative estimate of drug-likeness (QED) is 0.162. The molecule has 8 nitrogen and oxygen atoms in total. The van der Waals surface area contributed by atoms with Crippen LogP contribution in [0.25, 0.3) is 10.9 Å². The summed E-state index contributed by atoms with van der Waals surface area (Å²) in [5.74, 6) is -0.909. The molecule has 42 heavy (non-hydrogen) atoms. The Morgan fingerprint density at radius 2 is 1.83 bits per heavy atom. The molecule has 214 valence electrons. The second kappa shape index (κ2) is 12.0. The molecule has 3 heterocycles. The Kier molecular flexibility index (Phi) is 8.00. The van der Waals surface area contributed by atoms with Crippen molar-refractivity contribution < 1.29 is 8.78 Å². The van der Waals surface area contributed by atoms with Gasteiger partial charge in [-0.05, 0) is 74.0 Å². The number of nitrogens with one attached hydrogen (secondary N) is 5. The van der Waals surface area contributed by atoms with E-state index in [1.165, 1.54) is 36.5 Å². The molecule has 4 aromatic rings. The molecule has 6 rings (SSSR count). The Labute approximate surface area is 251 Å². The molecule has 3 aromatic carbocycles. The van der Waals surface area contributed by atoms with E-state index >= 15 is 0 Å². The van der Waals surface area contributed by atoms with Crippen LogP contribution in [0.4, 0.5) is 25.8 Å². The van der Waals surface area contributed by atoms with Crippen molar-refractivity contribution in [1.82, 2.24) is 26.3 Å². The Hall–Kier alpha value is -4.14. The third kappa shape index (κ3) is 5.78. The number of anilines is 3. The van der Waals surface area contributed by atoms with E-state index in [1.807, 2.05) is 18.3 Å². The lowest BCUT2D eigenvalue weighted by Gasteiger charge is -2.30. The first-order valence-corrected chi connectivity index (χ1v) is 14.1. The average molecular weight is 607 g/mol. The zero-order valence-corrected chi connectivity index (χ0v) is 23.7. The lowest BCUT2D eigenvalue weighted by atomic mass is 10.0. The molecule has 0 spiro atoms. The predicted molar refractivity (Wildman–Crippen MR) is 161 cm³/mol. The molecule has 0 radical (unpaired) electrons. The van der Waals surface area contributed by atoms with Gasteiger partial charge in [0, 0.05) is 35.2 Å². The molecule has 1 aromatic heterocycles. The standard InChI is InChI=1S/C30H26Cl2F2N8/c31-24-12-20(4-5-26(24)34)38-28-18(14-35)15-37-30-23(28)11-21(13-25(30)32)39-29(17-2-1-3-19(33)10-17)27-16-42(41-40-27)22-6-8-36-9-7-22/h1-5,10-13,15-16,22,29,36,39-41H,6-9H2,(H,37,38). The summed E-state index contributed by atoms with van der Waals surface area (Å²) in [5.41, 5.74) is 10.3. The molecule has 1 atom stereocenters. The minimum absolute atomic E-state index is 0.0559. The van der Waals surface area contributed by atoms with Crippen LogP contribution in [0.5, 0.6) is 0 Å². The zero-order valence-electron chi connectivity index (χ0n) is 22.2. The number of aromatic nitrogens is 1. The molecule has 2 aliphatic heterocycles. The van der Waals surface area contributed by atoms with Crippen LogP contribution < -0.4 is 26.9 Å². The predicted octanol–water partition coefficient (Wildman–Crippen LogP) is 6.51. The van der Waals surface area contributed by atoms with Crippen molar-refractivity contribution >= 4 is 51.2 Å². The maximum absolute atomic E-state index is 14.4. The van der Waals surface area contributed by atoms with Gasteiger partial charge in [-0.1, -0.05) is 35.3 Å². The van der Waals surface area contributed by atoms with Crippen molar-refractivity contribution in [3.63, 3.8) is 0 Å². The van der Waals surface area contributed by atoms with Crippen LogP contribution in [0.1, 0.15) is 30.0 Å². The second-order valence-electron chi connectivity index (χ2n) is 10.1. The van der Waals surface area contributed by atoms with Crippen molar-refractivity contribution in [2.45, 2.75) is 24.9 Å². The monoisotopic (exact) mass is 606 g/mol. The molecule has 0 saturated carbocycles. The number of hydrazine groups is 2. The van der Waals surface area contributed by atoms with Gasteiger partial charge in [0.15, 0.2) is 0 Å². The van der Waals surface area contributed by atoms with Crippen LogP contribution in [0.15, 0.2) is 72.7 Å². The summed E-state index contributed by atoms with van der Waals surface area (Å²) in [6.45, 7) is 1.87. The Balaban J connectivity index is 1.40. The average Bonchev–Trinajstić information content (AvgIpc) is 3.49. The third-order valence-electron chi connectivity index (χ3n) is 7.35. The van der Waals surface area contributed by atoms with Crippen molar-refractivity contribution in [2.75, 3.05) is 23.7 Å². The summed E-state index contributed by atoms with van der Waals surface area (Å²) < 4.78 is 28.2. The van der Waals surface area contributed by atoms with Gasteiger partial charge in [-0.25, -0.2) is 8.78 Å². The zero-order chi connectivity index (χ0) is 29.2. The highest BCUT2D eigenvalue weighted by molar-refractivity contribution is 6.36. The number of benzene rings is 3. The fourth-order valence-corrected chi connectivity index (χ4v) is 5.69. The number of nitriles is 1. The first-order chi connectivity index (χ1) is 20.4. The van der Waals surface area contributed by atoms with Crippen molar-refractivity contribution in [2.24, 2.45) is 0 Å². The fourth-order valence-electron chi connectivity index (χ4n) is 5.25. The first-order valence-electron chi connectivity index (χ1n) is 13.4. The summed E-state index contributed by atoms with van der Waals surface area (Å²) >= 11 is 12.7. The van der Waals surface area contributed by atoms with Gasteiger partial charge in [0.1, 0.15) is 17.7 Å². The van der Waals surface area contributed by atoms with Gasteiger partial charge in [0.2, 0.25) is 0 Å². The smallest absolute Gasteiger partial charge is 0.141 e. The van der Waals surface area contributed by atoms with Gasteiger partial charge in [0.25, 0.3) is 0 Å². The first kappa shape index (κ1) is 28.0. The van der Waals surface area contributed by atoms with Crippen molar-refractivity contribution in [3.05, 3.63) is 105 Å². The lowest BCUT2D eigenvalue weighted by Crippen LogP contribution is -2.47. The number of piperidine rings is 1. The molecule has 1 unspecified atom stereocenters. The van der Waals surface area contributed by atoms with Crippen LogP contribution in [-0.2, 0) is 0 Å².